The molecule has 5 aromatic rings. The zero-order valence-corrected chi connectivity index (χ0v) is 17.4. The van der Waals surface area contributed by atoms with E-state index in [2.05, 4.69) is 105 Å². The second kappa shape index (κ2) is 7.11. The van der Waals surface area contributed by atoms with Crippen molar-refractivity contribution in [2.75, 3.05) is 6.54 Å². The molecule has 0 bridgehead atoms. The molecule has 0 radical (unpaired) electrons. The van der Waals surface area contributed by atoms with Crippen molar-refractivity contribution in [1.29, 1.82) is 0 Å². The van der Waals surface area contributed by atoms with Crippen LogP contribution in [0.1, 0.15) is 25.2 Å². The largest absolute Gasteiger partial charge is 0.361 e. The fraction of sp³-hybridized carbons (Fsp3) is 0.261. The number of hydrogen-bond acceptors (Lipinski definition) is 4. The molecule has 2 aromatic carbocycles. The summed E-state index contributed by atoms with van der Waals surface area (Å²) in [5.41, 5.74) is 4.24. The van der Waals surface area contributed by atoms with Gasteiger partial charge in [0.25, 0.3) is 0 Å². The van der Waals surface area contributed by atoms with Crippen LogP contribution in [-0.2, 0) is 19.0 Å². The van der Waals surface area contributed by atoms with Crippen molar-refractivity contribution in [3.05, 3.63) is 72.3 Å². The number of nitrogens with one attached hydrogen (secondary N) is 2. The first-order valence-electron chi connectivity index (χ1n) is 10.2. The monoisotopic (exact) mass is 399 g/mol. The lowest BCUT2D eigenvalue weighted by Gasteiger charge is -2.25. The number of H-pyrrole nitrogens is 1. The van der Waals surface area contributed by atoms with Gasteiger partial charge in [-0.1, -0.05) is 18.2 Å². The van der Waals surface area contributed by atoms with Gasteiger partial charge in [0.1, 0.15) is 0 Å². The highest BCUT2D eigenvalue weighted by Crippen LogP contribution is 2.24. The van der Waals surface area contributed by atoms with Gasteiger partial charge in [-0.2, -0.15) is 4.68 Å². The van der Waals surface area contributed by atoms with Crippen LogP contribution < -0.4 is 5.32 Å². The zero-order chi connectivity index (χ0) is 20.7. The predicted molar refractivity (Wildman–Crippen MR) is 119 cm³/mol. The number of aryl methyl sites for hydroxylation is 1. The second-order valence-electron chi connectivity index (χ2n) is 8.25. The van der Waals surface area contributed by atoms with Crippen LogP contribution in [-0.4, -0.2) is 36.3 Å². The molecule has 0 aliphatic rings. The zero-order valence-electron chi connectivity index (χ0n) is 17.4. The van der Waals surface area contributed by atoms with Crippen LogP contribution in [0.3, 0.4) is 0 Å². The van der Waals surface area contributed by atoms with E-state index in [9.17, 15) is 0 Å². The minimum Gasteiger partial charge on any atom is -0.361 e. The van der Waals surface area contributed by atoms with Crippen molar-refractivity contribution in [2.24, 2.45) is 7.05 Å². The lowest BCUT2D eigenvalue weighted by Crippen LogP contribution is -2.40. The highest BCUT2D eigenvalue weighted by Gasteiger charge is 2.27. The van der Waals surface area contributed by atoms with Gasteiger partial charge >= 0.3 is 0 Å². The molecule has 3 heterocycles. The number of benzene rings is 2. The van der Waals surface area contributed by atoms with Gasteiger partial charge < -0.3 is 14.9 Å². The number of hydrogen-bond donors (Lipinski definition) is 2. The number of para-hydroxylation sites is 1. The Morgan fingerprint density at radius 1 is 1.10 bits per heavy atom. The number of aromatic amines is 1. The van der Waals surface area contributed by atoms with E-state index in [-0.39, 0.29) is 5.54 Å². The summed E-state index contributed by atoms with van der Waals surface area (Å²) < 4.78 is 3.93. The molecule has 152 valence electrons. The molecule has 0 spiro atoms. The van der Waals surface area contributed by atoms with Crippen LogP contribution in [0.15, 0.2) is 60.9 Å². The van der Waals surface area contributed by atoms with Gasteiger partial charge in [-0.05, 0) is 66.6 Å². The van der Waals surface area contributed by atoms with E-state index >= 15 is 0 Å². The Labute approximate surface area is 174 Å². The average molecular weight is 400 g/mol. The molecule has 0 atom stereocenters. The lowest BCUT2D eigenvalue weighted by atomic mass is 10.0. The summed E-state index contributed by atoms with van der Waals surface area (Å²) in [4.78, 5) is 3.34. The molecule has 0 saturated carbocycles. The number of aromatic nitrogens is 6. The maximum atomic E-state index is 4.34. The summed E-state index contributed by atoms with van der Waals surface area (Å²) in [6, 6.07) is 16.8. The Morgan fingerprint density at radius 3 is 2.87 bits per heavy atom. The molecule has 0 aliphatic heterocycles. The molecular weight excluding hydrogens is 374 g/mol. The van der Waals surface area contributed by atoms with E-state index < -0.39 is 0 Å². The van der Waals surface area contributed by atoms with E-state index in [1.807, 2.05) is 11.7 Å². The number of rotatable bonds is 6. The molecule has 0 aliphatic carbocycles. The summed E-state index contributed by atoms with van der Waals surface area (Å²) in [6.07, 6.45) is 5.08. The number of nitrogens with zero attached hydrogens (tertiary/aromatic N) is 5. The van der Waals surface area contributed by atoms with E-state index in [4.69, 9.17) is 0 Å². The average Bonchev–Trinajstić information content (AvgIpc) is 3.47. The van der Waals surface area contributed by atoms with Gasteiger partial charge in [0.05, 0.1) is 11.2 Å². The number of fused-ring (bicyclic) bond motifs is 2. The molecule has 30 heavy (non-hydrogen) atoms. The van der Waals surface area contributed by atoms with Gasteiger partial charge in [0.2, 0.25) is 0 Å². The maximum absolute atomic E-state index is 4.34. The Hall–Kier alpha value is -3.45. The van der Waals surface area contributed by atoms with Crippen molar-refractivity contribution in [3.63, 3.8) is 0 Å². The Kier molecular flexibility index (Phi) is 4.40. The van der Waals surface area contributed by atoms with Gasteiger partial charge in [0.15, 0.2) is 5.82 Å². The molecule has 5 rings (SSSR count). The summed E-state index contributed by atoms with van der Waals surface area (Å²) in [6.45, 7) is 5.05. The molecule has 0 amide bonds. The third-order valence-electron chi connectivity index (χ3n) is 5.78. The van der Waals surface area contributed by atoms with Crippen molar-refractivity contribution in [1.82, 2.24) is 35.1 Å². The quantitative estimate of drug-likeness (QED) is 0.456. The minimum absolute atomic E-state index is 0.388. The van der Waals surface area contributed by atoms with E-state index in [0.717, 1.165) is 24.5 Å². The highest BCUT2D eigenvalue weighted by molar-refractivity contribution is 5.83. The highest BCUT2D eigenvalue weighted by atomic mass is 15.6. The molecule has 0 fully saturated rings. The van der Waals surface area contributed by atoms with Gasteiger partial charge in [-0.25, -0.2) is 0 Å². The minimum atomic E-state index is -0.388. The molecule has 7 nitrogen and oxygen atoms in total. The Balaban J connectivity index is 1.36. The Morgan fingerprint density at radius 2 is 1.97 bits per heavy atom. The van der Waals surface area contributed by atoms with Crippen molar-refractivity contribution in [3.8, 4) is 5.69 Å². The first-order chi connectivity index (χ1) is 14.5. The van der Waals surface area contributed by atoms with Crippen molar-refractivity contribution < 1.29 is 0 Å². The predicted octanol–water partition coefficient (Wildman–Crippen LogP) is 3.70. The second-order valence-corrected chi connectivity index (χ2v) is 8.25. The standard InChI is InChI=1S/C23H25N7/c1-23(2,25-12-10-17-15-24-20-7-5-4-6-19(17)20)22-26-27-28-30(22)18-8-9-21-16(14-18)11-13-29(21)3/h4-9,11,13-15,24-25H,10,12H2,1-3H3. The van der Waals surface area contributed by atoms with E-state index in [1.165, 1.54) is 27.4 Å². The van der Waals surface area contributed by atoms with Crippen LogP contribution in [0.2, 0.25) is 0 Å². The van der Waals surface area contributed by atoms with E-state index in [1.54, 1.807) is 0 Å². The van der Waals surface area contributed by atoms with Crippen LogP contribution in [0.25, 0.3) is 27.5 Å². The third-order valence-corrected chi connectivity index (χ3v) is 5.78. The Bertz CT molecular complexity index is 1320. The molecular formula is C23H25N7. The summed E-state index contributed by atoms with van der Waals surface area (Å²) in [5.74, 6) is 0.789. The van der Waals surface area contributed by atoms with Gasteiger partial charge in [0, 0.05) is 47.8 Å². The van der Waals surface area contributed by atoms with Crippen LogP contribution >= 0.6 is 0 Å². The summed E-state index contributed by atoms with van der Waals surface area (Å²) in [7, 11) is 2.05. The molecule has 0 saturated heterocycles. The van der Waals surface area contributed by atoms with Crippen LogP contribution in [0.4, 0.5) is 0 Å². The normalized spacial score (nSPS) is 12.2. The topological polar surface area (TPSA) is 76.3 Å². The first-order valence-corrected chi connectivity index (χ1v) is 10.2. The fourth-order valence-corrected chi connectivity index (χ4v) is 4.08. The van der Waals surface area contributed by atoms with Crippen LogP contribution in [0.5, 0.6) is 0 Å². The van der Waals surface area contributed by atoms with E-state index in [0.29, 0.717) is 0 Å². The molecule has 3 aromatic heterocycles. The maximum Gasteiger partial charge on any atom is 0.176 e. The number of tetrazole rings is 1. The molecule has 2 N–H and O–H groups in total. The first kappa shape index (κ1) is 18.6. The van der Waals surface area contributed by atoms with Gasteiger partial charge in [-0.15, -0.1) is 5.10 Å². The van der Waals surface area contributed by atoms with Crippen LogP contribution in [0, 0.1) is 0 Å². The van der Waals surface area contributed by atoms with Crippen molar-refractivity contribution >= 4 is 21.8 Å². The lowest BCUT2D eigenvalue weighted by molar-refractivity contribution is 0.375. The fourth-order valence-electron chi connectivity index (χ4n) is 4.08. The summed E-state index contributed by atoms with van der Waals surface area (Å²) >= 11 is 0. The summed E-state index contributed by atoms with van der Waals surface area (Å²) in [5, 5.41) is 18.7. The smallest absolute Gasteiger partial charge is 0.176 e. The SMILES string of the molecule is Cn1ccc2cc(-n3nnnc3C(C)(C)NCCc3c[nH]c4ccccc34)ccc21. The molecule has 0 unspecified atom stereocenters. The third kappa shape index (κ3) is 3.17. The van der Waals surface area contributed by atoms with Crippen molar-refractivity contribution in [2.45, 2.75) is 25.8 Å². The molecule has 7 heteroatoms. The van der Waals surface area contributed by atoms with Gasteiger partial charge in [-0.3, -0.25) is 0 Å².